The van der Waals surface area contributed by atoms with E-state index >= 15 is 0 Å². The topological polar surface area (TPSA) is 72.4 Å². The second-order valence-electron chi connectivity index (χ2n) is 5.27. The number of rotatable bonds is 4. The van der Waals surface area contributed by atoms with Gasteiger partial charge in [0.2, 0.25) is 0 Å². The van der Waals surface area contributed by atoms with Crippen molar-refractivity contribution >= 4 is 11.4 Å². The van der Waals surface area contributed by atoms with Gasteiger partial charge in [-0.3, -0.25) is 10.1 Å². The van der Waals surface area contributed by atoms with E-state index in [1.54, 1.807) is 0 Å². The molecule has 0 aromatic heterocycles. The predicted molar refractivity (Wildman–Crippen MR) is 76.3 cm³/mol. The molecule has 20 heavy (non-hydrogen) atoms. The lowest BCUT2D eigenvalue weighted by molar-refractivity contribution is -0.384. The third kappa shape index (κ3) is 2.90. The lowest BCUT2D eigenvalue weighted by atomic mass is 9.88. The summed E-state index contributed by atoms with van der Waals surface area (Å²) < 4.78 is 13.5. The normalized spacial score (nSPS) is 22.9. The number of piperidine rings is 1. The Hall–Kier alpha value is -1.69. The van der Waals surface area contributed by atoms with Crippen LogP contribution in [0.1, 0.15) is 26.2 Å². The van der Waals surface area contributed by atoms with Gasteiger partial charge in [-0.15, -0.1) is 0 Å². The van der Waals surface area contributed by atoms with Crippen LogP contribution in [0.2, 0.25) is 0 Å². The number of halogens is 1. The number of nitro groups is 1. The molecule has 2 unspecified atom stereocenters. The monoisotopic (exact) mass is 281 g/mol. The number of hydrogen-bond donors (Lipinski definition) is 1. The van der Waals surface area contributed by atoms with Crippen molar-refractivity contribution in [3.05, 3.63) is 34.1 Å². The molecule has 0 radical (unpaired) electrons. The fourth-order valence-electron chi connectivity index (χ4n) is 2.93. The van der Waals surface area contributed by atoms with Gasteiger partial charge in [-0.2, -0.15) is 0 Å². The highest BCUT2D eigenvalue weighted by atomic mass is 19.1. The SMILES string of the molecule is CCC1CCN(c2cc(F)ccc2[N+](=O)[O-])C(CN)C1. The number of benzene rings is 1. The summed E-state index contributed by atoms with van der Waals surface area (Å²) in [6, 6.07) is 3.63. The van der Waals surface area contributed by atoms with Crippen molar-refractivity contribution < 1.29 is 9.31 Å². The van der Waals surface area contributed by atoms with Gasteiger partial charge >= 0.3 is 0 Å². The Kier molecular flexibility index (Phi) is 4.54. The average Bonchev–Trinajstić information content (AvgIpc) is 2.46. The lowest BCUT2D eigenvalue weighted by Crippen LogP contribution is -2.47. The molecule has 0 amide bonds. The van der Waals surface area contributed by atoms with Crippen LogP contribution in [0, 0.1) is 21.8 Å². The molecule has 110 valence electrons. The van der Waals surface area contributed by atoms with Gasteiger partial charge in [0.1, 0.15) is 11.5 Å². The maximum absolute atomic E-state index is 13.5. The highest BCUT2D eigenvalue weighted by Gasteiger charge is 2.31. The summed E-state index contributed by atoms with van der Waals surface area (Å²) in [4.78, 5) is 12.5. The molecule has 1 aromatic carbocycles. The van der Waals surface area contributed by atoms with E-state index < -0.39 is 10.7 Å². The van der Waals surface area contributed by atoms with Crippen molar-refractivity contribution in [2.24, 2.45) is 11.7 Å². The molecule has 5 nitrogen and oxygen atoms in total. The van der Waals surface area contributed by atoms with E-state index in [1.165, 1.54) is 12.1 Å². The Morgan fingerprint density at radius 1 is 1.55 bits per heavy atom. The van der Waals surface area contributed by atoms with Crippen LogP contribution < -0.4 is 10.6 Å². The first-order valence-electron chi connectivity index (χ1n) is 6.97. The van der Waals surface area contributed by atoms with Crippen LogP contribution in [-0.2, 0) is 0 Å². The van der Waals surface area contributed by atoms with E-state index in [9.17, 15) is 14.5 Å². The molecule has 0 spiro atoms. The van der Waals surface area contributed by atoms with Crippen LogP contribution in [0.5, 0.6) is 0 Å². The van der Waals surface area contributed by atoms with E-state index in [4.69, 9.17) is 5.73 Å². The van der Waals surface area contributed by atoms with Gasteiger partial charge in [-0.25, -0.2) is 4.39 Å². The molecule has 2 N–H and O–H groups in total. The zero-order valence-corrected chi connectivity index (χ0v) is 11.6. The first-order chi connectivity index (χ1) is 9.56. The van der Waals surface area contributed by atoms with Crippen molar-refractivity contribution in [3.63, 3.8) is 0 Å². The Morgan fingerprint density at radius 3 is 2.90 bits per heavy atom. The molecule has 1 aliphatic heterocycles. The quantitative estimate of drug-likeness (QED) is 0.680. The van der Waals surface area contributed by atoms with Gasteiger partial charge < -0.3 is 10.6 Å². The minimum absolute atomic E-state index is 0.0363. The van der Waals surface area contributed by atoms with Crippen molar-refractivity contribution in [2.75, 3.05) is 18.0 Å². The van der Waals surface area contributed by atoms with Crippen LogP contribution in [0.3, 0.4) is 0 Å². The minimum atomic E-state index is -0.464. The fourth-order valence-corrected chi connectivity index (χ4v) is 2.93. The minimum Gasteiger partial charge on any atom is -0.362 e. The first-order valence-corrected chi connectivity index (χ1v) is 6.97. The molecule has 1 heterocycles. The molecule has 0 saturated carbocycles. The van der Waals surface area contributed by atoms with Crippen LogP contribution in [0.15, 0.2) is 18.2 Å². The zero-order valence-electron chi connectivity index (χ0n) is 11.6. The molecule has 1 fully saturated rings. The fraction of sp³-hybridized carbons (Fsp3) is 0.571. The maximum atomic E-state index is 13.5. The van der Waals surface area contributed by atoms with Gasteiger partial charge in [-0.1, -0.05) is 13.3 Å². The van der Waals surface area contributed by atoms with Gasteiger partial charge in [0.15, 0.2) is 0 Å². The highest BCUT2D eigenvalue weighted by Crippen LogP contribution is 2.35. The molecule has 0 bridgehead atoms. The second kappa shape index (κ2) is 6.17. The van der Waals surface area contributed by atoms with Crippen LogP contribution in [-0.4, -0.2) is 24.1 Å². The smallest absolute Gasteiger partial charge is 0.292 e. The van der Waals surface area contributed by atoms with Crippen LogP contribution >= 0.6 is 0 Å². The van der Waals surface area contributed by atoms with Crippen molar-refractivity contribution in [1.82, 2.24) is 0 Å². The summed E-state index contributed by atoms with van der Waals surface area (Å²) in [5.74, 6) is 0.131. The van der Waals surface area contributed by atoms with E-state index in [2.05, 4.69) is 6.92 Å². The van der Waals surface area contributed by atoms with Gasteiger partial charge in [0.05, 0.1) is 4.92 Å². The standard InChI is InChI=1S/C14H20FN3O2/c1-2-10-5-6-17(12(7-10)9-16)14-8-11(15)3-4-13(14)18(19)20/h3-4,8,10,12H,2,5-7,9,16H2,1H3. The van der Waals surface area contributed by atoms with E-state index in [-0.39, 0.29) is 11.7 Å². The number of anilines is 1. The van der Waals surface area contributed by atoms with Crippen LogP contribution in [0.4, 0.5) is 15.8 Å². The predicted octanol–water partition coefficient (Wildman–Crippen LogP) is 2.69. The maximum Gasteiger partial charge on any atom is 0.292 e. The van der Waals surface area contributed by atoms with Crippen LogP contribution in [0.25, 0.3) is 0 Å². The summed E-state index contributed by atoms with van der Waals surface area (Å²) in [5.41, 5.74) is 6.10. The average molecular weight is 281 g/mol. The van der Waals surface area contributed by atoms with Gasteiger partial charge in [-0.05, 0) is 24.8 Å². The molecule has 1 aromatic rings. The Balaban J connectivity index is 2.34. The van der Waals surface area contributed by atoms with E-state index in [0.717, 1.165) is 25.3 Å². The zero-order chi connectivity index (χ0) is 14.7. The lowest BCUT2D eigenvalue weighted by Gasteiger charge is -2.40. The van der Waals surface area contributed by atoms with E-state index in [1.807, 2.05) is 4.90 Å². The summed E-state index contributed by atoms with van der Waals surface area (Å²) >= 11 is 0. The number of hydrogen-bond acceptors (Lipinski definition) is 4. The third-order valence-electron chi connectivity index (χ3n) is 4.12. The van der Waals surface area contributed by atoms with Gasteiger partial charge in [0, 0.05) is 31.3 Å². The molecule has 1 saturated heterocycles. The molecule has 2 atom stereocenters. The number of nitrogens with two attached hydrogens (primary N) is 1. The molecule has 1 aliphatic rings. The number of nitrogens with zero attached hydrogens (tertiary/aromatic N) is 2. The Labute approximate surface area is 117 Å². The molecule has 6 heteroatoms. The summed E-state index contributed by atoms with van der Waals surface area (Å²) in [6.45, 7) is 3.24. The second-order valence-corrected chi connectivity index (χ2v) is 5.27. The summed E-state index contributed by atoms with van der Waals surface area (Å²) in [6.07, 6.45) is 2.94. The molecular formula is C14H20FN3O2. The van der Waals surface area contributed by atoms with Crippen molar-refractivity contribution in [3.8, 4) is 0 Å². The first kappa shape index (κ1) is 14.7. The largest absolute Gasteiger partial charge is 0.362 e. The third-order valence-corrected chi connectivity index (χ3v) is 4.12. The van der Waals surface area contributed by atoms with Crippen molar-refractivity contribution in [1.29, 1.82) is 0 Å². The molecule has 0 aliphatic carbocycles. The Morgan fingerprint density at radius 2 is 2.30 bits per heavy atom. The Bertz CT molecular complexity index is 495. The molecular weight excluding hydrogens is 261 g/mol. The van der Waals surface area contributed by atoms with Crippen molar-refractivity contribution in [2.45, 2.75) is 32.2 Å². The van der Waals surface area contributed by atoms with E-state index in [0.29, 0.717) is 24.7 Å². The number of nitro benzene ring substituents is 1. The highest BCUT2D eigenvalue weighted by molar-refractivity contribution is 5.64. The summed E-state index contributed by atoms with van der Waals surface area (Å²) in [5, 5.41) is 11.1. The summed E-state index contributed by atoms with van der Waals surface area (Å²) in [7, 11) is 0. The molecule has 2 rings (SSSR count). The van der Waals surface area contributed by atoms with Gasteiger partial charge in [0.25, 0.3) is 5.69 Å².